The van der Waals surface area contributed by atoms with Crippen LogP contribution in [0, 0.1) is 0 Å². The molecule has 5 heteroatoms. The molecule has 21 heavy (non-hydrogen) atoms. The molecule has 0 aliphatic rings. The second-order valence-electron chi connectivity index (χ2n) is 4.63. The van der Waals surface area contributed by atoms with E-state index in [9.17, 15) is 0 Å². The molecule has 0 unspecified atom stereocenters. The van der Waals surface area contributed by atoms with Crippen LogP contribution in [0.4, 0.5) is 0 Å². The molecule has 2 heterocycles. The summed E-state index contributed by atoms with van der Waals surface area (Å²) in [7, 11) is 0. The summed E-state index contributed by atoms with van der Waals surface area (Å²) in [5.41, 5.74) is 2.15. The molecule has 0 spiro atoms. The Hall–Kier alpha value is -2.17. The highest BCUT2D eigenvalue weighted by Crippen LogP contribution is 2.29. The fourth-order valence-corrected chi connectivity index (χ4v) is 3.20. The van der Waals surface area contributed by atoms with Crippen LogP contribution in [-0.4, -0.2) is 14.6 Å². The highest BCUT2D eigenvalue weighted by atomic mass is 35.5. The number of aromatic nitrogens is 3. The first kappa shape index (κ1) is 12.6. The van der Waals surface area contributed by atoms with Crippen molar-refractivity contribution >= 4 is 27.9 Å². The topological polar surface area (TPSA) is 30.2 Å². The van der Waals surface area contributed by atoms with Crippen molar-refractivity contribution in [3.8, 4) is 21.8 Å². The van der Waals surface area contributed by atoms with Gasteiger partial charge in [0, 0.05) is 16.8 Å². The van der Waals surface area contributed by atoms with Gasteiger partial charge in [-0.25, -0.2) is 4.52 Å². The maximum atomic E-state index is 5.92. The predicted octanol–water partition coefficient (Wildman–Crippen LogP) is 4.78. The summed E-state index contributed by atoms with van der Waals surface area (Å²) in [6.07, 6.45) is 2.00. The van der Waals surface area contributed by atoms with Crippen molar-refractivity contribution < 1.29 is 0 Å². The quantitative estimate of drug-likeness (QED) is 0.533. The SMILES string of the molecule is Clc1ccc(-c2cn3nc(-c4ccccc4)nc3s2)cc1. The minimum atomic E-state index is 0.740. The van der Waals surface area contributed by atoms with Crippen LogP contribution in [0.5, 0.6) is 0 Å². The van der Waals surface area contributed by atoms with Crippen molar-refractivity contribution in [3.05, 3.63) is 65.8 Å². The maximum absolute atomic E-state index is 5.92. The Balaban J connectivity index is 1.75. The van der Waals surface area contributed by atoms with Crippen molar-refractivity contribution in [2.75, 3.05) is 0 Å². The third-order valence-corrected chi connectivity index (χ3v) is 4.48. The van der Waals surface area contributed by atoms with Gasteiger partial charge in [-0.15, -0.1) is 5.10 Å². The molecule has 0 aliphatic carbocycles. The Morgan fingerprint density at radius 3 is 2.38 bits per heavy atom. The van der Waals surface area contributed by atoms with Crippen LogP contribution in [0.2, 0.25) is 5.02 Å². The molecule has 2 aromatic heterocycles. The van der Waals surface area contributed by atoms with E-state index in [4.69, 9.17) is 11.6 Å². The molecule has 0 saturated carbocycles. The third kappa shape index (κ3) is 2.33. The van der Waals surface area contributed by atoms with Crippen LogP contribution >= 0.6 is 22.9 Å². The number of hydrogen-bond donors (Lipinski definition) is 0. The first-order chi connectivity index (χ1) is 10.3. The van der Waals surface area contributed by atoms with E-state index in [0.717, 1.165) is 31.8 Å². The van der Waals surface area contributed by atoms with E-state index < -0.39 is 0 Å². The van der Waals surface area contributed by atoms with Crippen molar-refractivity contribution in [2.45, 2.75) is 0 Å². The number of fused-ring (bicyclic) bond motifs is 1. The van der Waals surface area contributed by atoms with Gasteiger partial charge in [0.1, 0.15) is 0 Å². The number of thiazole rings is 1. The van der Waals surface area contributed by atoms with Crippen LogP contribution in [0.1, 0.15) is 0 Å². The zero-order valence-corrected chi connectivity index (χ0v) is 12.5. The van der Waals surface area contributed by atoms with Gasteiger partial charge >= 0.3 is 0 Å². The van der Waals surface area contributed by atoms with Crippen LogP contribution < -0.4 is 0 Å². The van der Waals surface area contributed by atoms with Gasteiger partial charge in [0.05, 0.1) is 4.88 Å². The van der Waals surface area contributed by atoms with Crippen LogP contribution in [-0.2, 0) is 0 Å². The molecule has 0 radical (unpaired) electrons. The molecule has 0 fully saturated rings. The number of nitrogens with zero attached hydrogens (tertiary/aromatic N) is 3. The molecule has 0 amide bonds. The Bertz CT molecular complexity index is 863. The van der Waals surface area contributed by atoms with E-state index in [-0.39, 0.29) is 0 Å². The van der Waals surface area contributed by atoms with Crippen molar-refractivity contribution in [3.63, 3.8) is 0 Å². The maximum Gasteiger partial charge on any atom is 0.213 e. The Morgan fingerprint density at radius 1 is 0.905 bits per heavy atom. The second kappa shape index (κ2) is 4.98. The van der Waals surface area contributed by atoms with Crippen molar-refractivity contribution in [1.29, 1.82) is 0 Å². The molecular weight excluding hydrogens is 302 g/mol. The van der Waals surface area contributed by atoms with Gasteiger partial charge < -0.3 is 0 Å². The molecule has 0 aliphatic heterocycles. The van der Waals surface area contributed by atoms with Gasteiger partial charge in [-0.2, -0.15) is 4.98 Å². The lowest BCUT2D eigenvalue weighted by Gasteiger charge is -1.96. The van der Waals surface area contributed by atoms with Crippen LogP contribution in [0.3, 0.4) is 0 Å². The Labute approximate surface area is 130 Å². The highest BCUT2D eigenvalue weighted by molar-refractivity contribution is 7.20. The van der Waals surface area contributed by atoms with Crippen LogP contribution in [0.25, 0.3) is 26.8 Å². The summed E-state index contributed by atoms with van der Waals surface area (Å²) in [5, 5.41) is 5.28. The zero-order valence-electron chi connectivity index (χ0n) is 10.9. The van der Waals surface area contributed by atoms with Gasteiger partial charge in [0.2, 0.25) is 4.96 Å². The lowest BCUT2D eigenvalue weighted by molar-refractivity contribution is 0.983. The fourth-order valence-electron chi connectivity index (χ4n) is 2.16. The van der Waals surface area contributed by atoms with Gasteiger partial charge in [0.25, 0.3) is 0 Å². The molecule has 0 saturated heterocycles. The monoisotopic (exact) mass is 311 g/mol. The van der Waals surface area contributed by atoms with Gasteiger partial charge in [0.15, 0.2) is 5.82 Å². The lowest BCUT2D eigenvalue weighted by atomic mass is 10.2. The molecule has 4 aromatic rings. The van der Waals surface area contributed by atoms with Crippen molar-refractivity contribution in [2.24, 2.45) is 0 Å². The van der Waals surface area contributed by atoms with E-state index in [1.165, 1.54) is 0 Å². The second-order valence-corrected chi connectivity index (χ2v) is 6.08. The molecular formula is C16H10ClN3S. The van der Waals surface area contributed by atoms with E-state index in [2.05, 4.69) is 10.1 Å². The zero-order chi connectivity index (χ0) is 14.2. The van der Waals surface area contributed by atoms with Gasteiger partial charge in [-0.3, -0.25) is 0 Å². The first-order valence-corrected chi connectivity index (χ1v) is 7.67. The predicted molar refractivity (Wildman–Crippen MR) is 86.7 cm³/mol. The summed E-state index contributed by atoms with van der Waals surface area (Å²) in [6, 6.07) is 17.8. The molecule has 2 aromatic carbocycles. The number of halogens is 1. The summed E-state index contributed by atoms with van der Waals surface area (Å²) in [6.45, 7) is 0. The molecule has 3 nitrogen and oxygen atoms in total. The molecule has 0 atom stereocenters. The average Bonchev–Trinajstić information content (AvgIpc) is 3.07. The number of hydrogen-bond acceptors (Lipinski definition) is 3. The van der Waals surface area contributed by atoms with Crippen molar-refractivity contribution in [1.82, 2.24) is 14.6 Å². The largest absolute Gasteiger partial charge is 0.213 e. The smallest absolute Gasteiger partial charge is 0.210 e. The first-order valence-electron chi connectivity index (χ1n) is 6.47. The summed E-state index contributed by atoms with van der Waals surface area (Å²) >= 11 is 7.54. The Kier molecular flexibility index (Phi) is 2.98. The highest BCUT2D eigenvalue weighted by Gasteiger charge is 2.10. The molecule has 102 valence electrons. The van der Waals surface area contributed by atoms with E-state index in [1.807, 2.05) is 65.3 Å². The van der Waals surface area contributed by atoms with E-state index in [1.54, 1.807) is 11.3 Å². The summed E-state index contributed by atoms with van der Waals surface area (Å²) in [5.74, 6) is 0.754. The van der Waals surface area contributed by atoms with Crippen LogP contribution in [0.15, 0.2) is 60.8 Å². The van der Waals surface area contributed by atoms with E-state index in [0.29, 0.717) is 0 Å². The average molecular weight is 312 g/mol. The summed E-state index contributed by atoms with van der Waals surface area (Å²) in [4.78, 5) is 6.60. The number of rotatable bonds is 2. The third-order valence-electron chi connectivity index (χ3n) is 3.20. The standard InChI is InChI=1S/C16H10ClN3S/c17-13-8-6-11(7-9-13)14-10-20-16(21-14)18-15(19-20)12-4-2-1-3-5-12/h1-10H. The minimum absolute atomic E-state index is 0.740. The van der Waals surface area contributed by atoms with Gasteiger partial charge in [-0.05, 0) is 17.7 Å². The Morgan fingerprint density at radius 2 is 1.67 bits per heavy atom. The summed E-state index contributed by atoms with van der Waals surface area (Å²) < 4.78 is 1.83. The fraction of sp³-hybridized carbons (Fsp3) is 0. The van der Waals surface area contributed by atoms with E-state index >= 15 is 0 Å². The molecule has 0 N–H and O–H groups in total. The molecule has 4 rings (SSSR count). The lowest BCUT2D eigenvalue weighted by Crippen LogP contribution is -1.83. The number of benzene rings is 2. The molecule has 0 bridgehead atoms. The minimum Gasteiger partial charge on any atom is -0.210 e. The van der Waals surface area contributed by atoms with Gasteiger partial charge in [-0.1, -0.05) is 65.4 Å². The normalized spacial score (nSPS) is 11.1.